The summed E-state index contributed by atoms with van der Waals surface area (Å²) in [6.45, 7) is 2.63. The molecule has 1 aromatic heterocycles. The van der Waals surface area contributed by atoms with E-state index >= 15 is 0 Å². The molecule has 3 N–H and O–H groups in total. The Bertz CT molecular complexity index is 714. The van der Waals surface area contributed by atoms with E-state index in [1.165, 1.54) is 5.56 Å². The van der Waals surface area contributed by atoms with Crippen LogP contribution in [0, 0.1) is 6.92 Å². The molecule has 0 aliphatic heterocycles. The summed E-state index contributed by atoms with van der Waals surface area (Å²) in [5.41, 5.74) is 12.3. The van der Waals surface area contributed by atoms with Gasteiger partial charge in [0.15, 0.2) is 0 Å². The minimum Gasteiger partial charge on any atom is -0.326 e. The molecule has 0 unspecified atom stereocenters. The Morgan fingerprint density at radius 2 is 1.80 bits per heavy atom. The number of nitrogens with one attached hydrogen (secondary N) is 1. The Labute approximate surface area is 118 Å². The molecule has 0 amide bonds. The average molecular weight is 263 g/mol. The molecular weight excluding hydrogens is 246 g/mol. The molecule has 0 bridgehead atoms. The van der Waals surface area contributed by atoms with Gasteiger partial charge in [0.1, 0.15) is 0 Å². The first-order valence-electron chi connectivity index (χ1n) is 6.69. The van der Waals surface area contributed by atoms with Crippen molar-refractivity contribution in [3.8, 4) is 22.5 Å². The standard InChI is InChI=1S/C17H17N3/c1-12-7-8-14(9-15(12)11-18)17-10-16(19-20-17)13-5-3-2-4-6-13/h2-10H,11,18H2,1H3,(H,19,20). The molecule has 3 aromatic rings. The van der Waals surface area contributed by atoms with Gasteiger partial charge in [0, 0.05) is 12.1 Å². The molecule has 0 saturated heterocycles. The lowest BCUT2D eigenvalue weighted by Gasteiger charge is -2.04. The normalized spacial score (nSPS) is 10.7. The Balaban J connectivity index is 1.98. The van der Waals surface area contributed by atoms with Crippen LogP contribution in [-0.4, -0.2) is 10.2 Å². The molecule has 0 aliphatic rings. The number of nitrogens with two attached hydrogens (primary N) is 1. The van der Waals surface area contributed by atoms with Gasteiger partial charge in [0.2, 0.25) is 0 Å². The lowest BCUT2D eigenvalue weighted by molar-refractivity contribution is 1.05. The number of rotatable bonds is 3. The highest BCUT2D eigenvalue weighted by atomic mass is 15.1. The highest BCUT2D eigenvalue weighted by Crippen LogP contribution is 2.25. The van der Waals surface area contributed by atoms with Crippen LogP contribution in [0.4, 0.5) is 0 Å². The number of nitrogens with zero attached hydrogens (tertiary/aromatic N) is 1. The summed E-state index contributed by atoms with van der Waals surface area (Å²) in [4.78, 5) is 0. The molecule has 20 heavy (non-hydrogen) atoms. The van der Waals surface area contributed by atoms with Crippen LogP contribution in [0.5, 0.6) is 0 Å². The van der Waals surface area contributed by atoms with Gasteiger partial charge in [-0.25, -0.2) is 0 Å². The zero-order valence-electron chi connectivity index (χ0n) is 11.4. The van der Waals surface area contributed by atoms with Crippen LogP contribution >= 0.6 is 0 Å². The minimum atomic E-state index is 0.551. The van der Waals surface area contributed by atoms with Gasteiger partial charge in [-0.2, -0.15) is 5.10 Å². The summed E-state index contributed by atoms with van der Waals surface area (Å²) >= 11 is 0. The van der Waals surface area contributed by atoms with Crippen LogP contribution in [0.2, 0.25) is 0 Å². The van der Waals surface area contributed by atoms with Crippen molar-refractivity contribution in [2.24, 2.45) is 5.73 Å². The van der Waals surface area contributed by atoms with Crippen LogP contribution < -0.4 is 5.73 Å². The summed E-state index contributed by atoms with van der Waals surface area (Å²) in [7, 11) is 0. The van der Waals surface area contributed by atoms with Crippen molar-refractivity contribution in [1.82, 2.24) is 10.2 Å². The maximum absolute atomic E-state index is 5.77. The first-order chi connectivity index (χ1) is 9.78. The predicted octanol–water partition coefficient (Wildman–Crippen LogP) is 3.51. The zero-order valence-corrected chi connectivity index (χ0v) is 11.4. The number of aryl methyl sites for hydroxylation is 1. The molecule has 0 aliphatic carbocycles. The molecule has 0 saturated carbocycles. The van der Waals surface area contributed by atoms with Crippen LogP contribution in [-0.2, 0) is 6.54 Å². The molecule has 3 heteroatoms. The van der Waals surface area contributed by atoms with E-state index in [1.54, 1.807) is 0 Å². The molecule has 0 fully saturated rings. The van der Waals surface area contributed by atoms with Gasteiger partial charge < -0.3 is 5.73 Å². The van der Waals surface area contributed by atoms with Gasteiger partial charge in [-0.3, -0.25) is 5.10 Å². The second-order valence-corrected chi connectivity index (χ2v) is 4.88. The summed E-state index contributed by atoms with van der Waals surface area (Å²) < 4.78 is 0. The predicted molar refractivity (Wildman–Crippen MR) is 82.1 cm³/mol. The Kier molecular flexibility index (Phi) is 3.35. The van der Waals surface area contributed by atoms with Gasteiger partial charge in [-0.1, -0.05) is 42.5 Å². The van der Waals surface area contributed by atoms with Crippen molar-refractivity contribution < 1.29 is 0 Å². The number of H-pyrrole nitrogens is 1. The molecule has 1 heterocycles. The second-order valence-electron chi connectivity index (χ2n) is 4.88. The number of hydrogen-bond donors (Lipinski definition) is 2. The fraction of sp³-hybridized carbons (Fsp3) is 0.118. The van der Waals surface area contributed by atoms with Gasteiger partial charge in [-0.15, -0.1) is 0 Å². The minimum absolute atomic E-state index is 0.551. The molecule has 2 aromatic carbocycles. The van der Waals surface area contributed by atoms with Crippen molar-refractivity contribution >= 4 is 0 Å². The van der Waals surface area contributed by atoms with E-state index in [0.29, 0.717) is 6.54 Å². The second kappa shape index (κ2) is 5.31. The Morgan fingerprint density at radius 1 is 1.00 bits per heavy atom. The average Bonchev–Trinajstić information content (AvgIpc) is 2.98. The van der Waals surface area contributed by atoms with E-state index in [-0.39, 0.29) is 0 Å². The largest absolute Gasteiger partial charge is 0.326 e. The third-order valence-electron chi connectivity index (χ3n) is 3.53. The maximum Gasteiger partial charge on any atom is 0.0927 e. The van der Waals surface area contributed by atoms with Crippen LogP contribution in [0.25, 0.3) is 22.5 Å². The van der Waals surface area contributed by atoms with Gasteiger partial charge in [-0.05, 0) is 35.7 Å². The fourth-order valence-electron chi connectivity index (χ4n) is 2.29. The van der Waals surface area contributed by atoms with Crippen molar-refractivity contribution in [1.29, 1.82) is 0 Å². The van der Waals surface area contributed by atoms with Crippen molar-refractivity contribution in [3.05, 3.63) is 65.7 Å². The summed E-state index contributed by atoms with van der Waals surface area (Å²) in [5.74, 6) is 0. The topological polar surface area (TPSA) is 54.7 Å². The van der Waals surface area contributed by atoms with Crippen LogP contribution in [0.1, 0.15) is 11.1 Å². The fourth-order valence-corrected chi connectivity index (χ4v) is 2.29. The highest BCUT2D eigenvalue weighted by molar-refractivity contribution is 5.68. The Hall–Kier alpha value is -2.39. The molecule has 3 nitrogen and oxygen atoms in total. The molecule has 100 valence electrons. The monoisotopic (exact) mass is 263 g/mol. The molecule has 0 atom stereocenters. The summed E-state index contributed by atoms with van der Waals surface area (Å²) in [6, 6.07) is 18.5. The quantitative estimate of drug-likeness (QED) is 0.759. The van der Waals surface area contributed by atoms with E-state index in [9.17, 15) is 0 Å². The number of benzene rings is 2. The number of hydrogen-bond acceptors (Lipinski definition) is 2. The van der Waals surface area contributed by atoms with E-state index in [1.807, 2.05) is 18.2 Å². The third-order valence-corrected chi connectivity index (χ3v) is 3.53. The van der Waals surface area contributed by atoms with Gasteiger partial charge >= 0.3 is 0 Å². The van der Waals surface area contributed by atoms with Crippen LogP contribution in [0.15, 0.2) is 54.6 Å². The third kappa shape index (κ3) is 2.36. The lowest BCUT2D eigenvalue weighted by Crippen LogP contribution is -1.99. The molecular formula is C17H17N3. The van der Waals surface area contributed by atoms with Crippen molar-refractivity contribution in [2.45, 2.75) is 13.5 Å². The van der Waals surface area contributed by atoms with E-state index in [4.69, 9.17) is 5.73 Å². The van der Waals surface area contributed by atoms with Gasteiger partial charge in [0.05, 0.1) is 11.4 Å². The molecule has 0 spiro atoms. The molecule has 3 rings (SSSR count). The van der Waals surface area contributed by atoms with Crippen molar-refractivity contribution in [3.63, 3.8) is 0 Å². The number of aromatic amines is 1. The van der Waals surface area contributed by atoms with Crippen LogP contribution in [0.3, 0.4) is 0 Å². The smallest absolute Gasteiger partial charge is 0.0927 e. The first kappa shape index (κ1) is 12.6. The van der Waals surface area contributed by atoms with Gasteiger partial charge in [0.25, 0.3) is 0 Å². The first-order valence-corrected chi connectivity index (χ1v) is 6.69. The molecule has 0 radical (unpaired) electrons. The maximum atomic E-state index is 5.77. The van der Waals surface area contributed by atoms with E-state index < -0.39 is 0 Å². The van der Waals surface area contributed by atoms with E-state index in [0.717, 1.165) is 28.1 Å². The summed E-state index contributed by atoms with van der Waals surface area (Å²) in [5, 5.41) is 7.49. The number of aromatic nitrogens is 2. The Morgan fingerprint density at radius 3 is 2.55 bits per heavy atom. The highest BCUT2D eigenvalue weighted by Gasteiger charge is 2.07. The SMILES string of the molecule is Cc1ccc(-c2cc(-c3ccccc3)[nH]n2)cc1CN. The van der Waals surface area contributed by atoms with E-state index in [2.05, 4.69) is 53.5 Å². The summed E-state index contributed by atoms with van der Waals surface area (Å²) in [6.07, 6.45) is 0. The van der Waals surface area contributed by atoms with Crippen molar-refractivity contribution in [2.75, 3.05) is 0 Å². The zero-order chi connectivity index (χ0) is 13.9. The lowest BCUT2D eigenvalue weighted by atomic mass is 10.0.